The quantitative estimate of drug-likeness (QED) is 0.889. The van der Waals surface area contributed by atoms with Crippen LogP contribution in [0.3, 0.4) is 0 Å². The highest BCUT2D eigenvalue weighted by Crippen LogP contribution is 2.34. The molecule has 0 radical (unpaired) electrons. The molecule has 1 fully saturated rings. The first-order chi connectivity index (χ1) is 9.38. The smallest absolute Gasteiger partial charge is 0.0651 e. The highest BCUT2D eigenvalue weighted by atomic mass is 14.9. The van der Waals surface area contributed by atoms with Crippen LogP contribution in [-0.2, 0) is 0 Å². The van der Waals surface area contributed by atoms with Crippen LogP contribution in [0.15, 0.2) is 36.5 Å². The third kappa shape index (κ3) is 2.64. The van der Waals surface area contributed by atoms with Gasteiger partial charge in [-0.3, -0.25) is 4.98 Å². The molecule has 2 heteroatoms. The van der Waals surface area contributed by atoms with E-state index in [-0.39, 0.29) is 0 Å². The zero-order chi connectivity index (χ0) is 13.1. The molecule has 0 spiro atoms. The summed E-state index contributed by atoms with van der Waals surface area (Å²) in [6, 6.07) is 11.0. The maximum absolute atomic E-state index is 4.66. The topological polar surface area (TPSA) is 24.9 Å². The molecule has 2 nitrogen and oxygen atoms in total. The van der Waals surface area contributed by atoms with Gasteiger partial charge in [-0.25, -0.2) is 0 Å². The fourth-order valence-electron chi connectivity index (χ4n) is 3.37. The summed E-state index contributed by atoms with van der Waals surface area (Å²) < 4.78 is 0. The molecule has 1 aromatic heterocycles. The van der Waals surface area contributed by atoms with Crippen molar-refractivity contribution in [3.05, 3.63) is 42.2 Å². The number of fused-ring (bicyclic) bond motifs is 1. The van der Waals surface area contributed by atoms with Gasteiger partial charge in [0.2, 0.25) is 0 Å². The molecule has 1 N–H and O–H groups in total. The lowest BCUT2D eigenvalue weighted by Gasteiger charge is -2.21. The molecule has 19 heavy (non-hydrogen) atoms. The van der Waals surface area contributed by atoms with Crippen molar-refractivity contribution < 1.29 is 0 Å². The second-order valence-corrected chi connectivity index (χ2v) is 5.64. The van der Waals surface area contributed by atoms with Crippen molar-refractivity contribution in [2.24, 2.45) is 5.92 Å². The van der Waals surface area contributed by atoms with Crippen LogP contribution in [0, 0.1) is 5.92 Å². The minimum atomic E-state index is 0.384. The molecule has 100 valence electrons. The summed E-state index contributed by atoms with van der Waals surface area (Å²) in [5.74, 6) is 0.873. The molecular weight excluding hydrogens is 232 g/mol. The van der Waals surface area contributed by atoms with E-state index in [1.165, 1.54) is 48.6 Å². The number of hydrogen-bond donors (Lipinski definition) is 1. The highest BCUT2D eigenvalue weighted by Gasteiger charge is 2.22. The number of nitrogens with zero attached hydrogens (tertiary/aromatic N) is 1. The van der Waals surface area contributed by atoms with Crippen molar-refractivity contribution in [1.82, 2.24) is 10.3 Å². The van der Waals surface area contributed by atoms with E-state index >= 15 is 0 Å². The van der Waals surface area contributed by atoms with Crippen LogP contribution in [0.5, 0.6) is 0 Å². The van der Waals surface area contributed by atoms with Crippen LogP contribution in [0.2, 0.25) is 0 Å². The Bertz CT molecular complexity index is 538. The van der Waals surface area contributed by atoms with Crippen molar-refractivity contribution >= 4 is 10.8 Å². The molecule has 1 saturated carbocycles. The number of rotatable bonds is 4. The second-order valence-electron chi connectivity index (χ2n) is 5.64. The third-order valence-electron chi connectivity index (χ3n) is 4.43. The molecule has 1 heterocycles. The van der Waals surface area contributed by atoms with Gasteiger partial charge in [-0.05, 0) is 30.8 Å². The molecule has 0 aliphatic heterocycles. The van der Waals surface area contributed by atoms with Crippen LogP contribution in [0.25, 0.3) is 10.8 Å². The third-order valence-corrected chi connectivity index (χ3v) is 4.43. The summed E-state index contributed by atoms with van der Waals surface area (Å²) in [5.41, 5.74) is 1.22. The molecular formula is C17H22N2. The number of benzene rings is 1. The highest BCUT2D eigenvalue weighted by molar-refractivity contribution is 5.84. The Labute approximate surface area is 115 Å². The predicted molar refractivity (Wildman–Crippen MR) is 80.1 cm³/mol. The summed E-state index contributed by atoms with van der Waals surface area (Å²) in [4.78, 5) is 4.66. The maximum Gasteiger partial charge on any atom is 0.0651 e. The fourth-order valence-corrected chi connectivity index (χ4v) is 3.37. The average molecular weight is 254 g/mol. The average Bonchev–Trinajstić information content (AvgIpc) is 2.97. The largest absolute Gasteiger partial charge is 0.312 e. The van der Waals surface area contributed by atoms with E-state index in [0.717, 1.165) is 5.92 Å². The molecule has 1 aliphatic rings. The number of hydrogen-bond acceptors (Lipinski definition) is 2. The SMILES string of the molecule is CNC(CC1CCCC1)c1nccc2ccccc12. The predicted octanol–water partition coefficient (Wildman–Crippen LogP) is 4.08. The van der Waals surface area contributed by atoms with E-state index in [9.17, 15) is 0 Å². The first-order valence-corrected chi connectivity index (χ1v) is 7.39. The van der Waals surface area contributed by atoms with Gasteiger partial charge < -0.3 is 5.32 Å². The van der Waals surface area contributed by atoms with Crippen LogP contribution in [0.4, 0.5) is 0 Å². The Morgan fingerprint density at radius 2 is 2.00 bits per heavy atom. The monoisotopic (exact) mass is 254 g/mol. The summed E-state index contributed by atoms with van der Waals surface area (Å²) >= 11 is 0. The number of nitrogens with one attached hydrogen (secondary N) is 1. The van der Waals surface area contributed by atoms with E-state index < -0.39 is 0 Å². The van der Waals surface area contributed by atoms with Gasteiger partial charge in [0.25, 0.3) is 0 Å². The standard InChI is InChI=1S/C17H22N2/c1-18-16(12-13-6-2-3-7-13)17-15-9-5-4-8-14(15)10-11-19-17/h4-5,8-11,13,16,18H,2-3,6-7,12H2,1H3. The van der Waals surface area contributed by atoms with Gasteiger partial charge >= 0.3 is 0 Å². The molecule has 2 aromatic rings. The fraction of sp³-hybridized carbons (Fsp3) is 0.471. The van der Waals surface area contributed by atoms with Gasteiger partial charge in [-0.2, -0.15) is 0 Å². The molecule has 0 amide bonds. The van der Waals surface area contributed by atoms with Gasteiger partial charge in [0.05, 0.1) is 11.7 Å². The minimum absolute atomic E-state index is 0.384. The first kappa shape index (κ1) is 12.6. The number of aromatic nitrogens is 1. The Balaban J connectivity index is 1.91. The van der Waals surface area contributed by atoms with Crippen LogP contribution >= 0.6 is 0 Å². The molecule has 3 rings (SSSR count). The summed E-state index contributed by atoms with van der Waals surface area (Å²) in [7, 11) is 2.06. The molecule has 0 bridgehead atoms. The van der Waals surface area contributed by atoms with Crippen LogP contribution < -0.4 is 5.32 Å². The van der Waals surface area contributed by atoms with E-state index in [2.05, 4.69) is 47.7 Å². The van der Waals surface area contributed by atoms with Gasteiger partial charge in [0, 0.05) is 11.6 Å². The van der Waals surface area contributed by atoms with Gasteiger partial charge in [-0.15, -0.1) is 0 Å². The summed E-state index contributed by atoms with van der Waals surface area (Å²) in [5, 5.41) is 6.06. The lowest BCUT2D eigenvalue weighted by Crippen LogP contribution is -2.20. The van der Waals surface area contributed by atoms with E-state index in [1.54, 1.807) is 0 Å². The minimum Gasteiger partial charge on any atom is -0.312 e. The van der Waals surface area contributed by atoms with Crippen molar-refractivity contribution in [1.29, 1.82) is 0 Å². The Morgan fingerprint density at radius 1 is 1.21 bits per heavy atom. The van der Waals surface area contributed by atoms with Crippen LogP contribution in [-0.4, -0.2) is 12.0 Å². The maximum atomic E-state index is 4.66. The Kier molecular flexibility index (Phi) is 3.79. The molecule has 1 aliphatic carbocycles. The Hall–Kier alpha value is -1.41. The first-order valence-electron chi connectivity index (χ1n) is 7.39. The lowest BCUT2D eigenvalue weighted by molar-refractivity contribution is 0.409. The van der Waals surface area contributed by atoms with E-state index in [4.69, 9.17) is 0 Å². The zero-order valence-electron chi connectivity index (χ0n) is 11.6. The van der Waals surface area contributed by atoms with E-state index in [1.807, 2.05) is 6.20 Å². The summed E-state index contributed by atoms with van der Waals surface area (Å²) in [6.07, 6.45) is 8.76. The van der Waals surface area contributed by atoms with Crippen molar-refractivity contribution in [3.63, 3.8) is 0 Å². The summed E-state index contributed by atoms with van der Waals surface area (Å²) in [6.45, 7) is 0. The molecule has 1 atom stereocenters. The molecule has 1 aromatic carbocycles. The number of pyridine rings is 1. The van der Waals surface area contributed by atoms with Crippen molar-refractivity contribution in [2.75, 3.05) is 7.05 Å². The normalized spacial score (nSPS) is 17.9. The van der Waals surface area contributed by atoms with Gasteiger partial charge in [0.1, 0.15) is 0 Å². The lowest BCUT2D eigenvalue weighted by atomic mass is 9.94. The van der Waals surface area contributed by atoms with Crippen molar-refractivity contribution in [3.8, 4) is 0 Å². The molecule has 0 saturated heterocycles. The van der Waals surface area contributed by atoms with Crippen molar-refractivity contribution in [2.45, 2.75) is 38.1 Å². The second kappa shape index (κ2) is 5.70. The van der Waals surface area contributed by atoms with E-state index in [0.29, 0.717) is 6.04 Å². The zero-order valence-corrected chi connectivity index (χ0v) is 11.6. The molecule has 1 unspecified atom stereocenters. The Morgan fingerprint density at radius 3 is 2.79 bits per heavy atom. The van der Waals surface area contributed by atoms with Crippen LogP contribution in [0.1, 0.15) is 43.8 Å². The van der Waals surface area contributed by atoms with Gasteiger partial charge in [-0.1, -0.05) is 49.9 Å². The van der Waals surface area contributed by atoms with Gasteiger partial charge in [0.15, 0.2) is 0 Å².